The van der Waals surface area contributed by atoms with Gasteiger partial charge < -0.3 is 5.32 Å². The summed E-state index contributed by atoms with van der Waals surface area (Å²) in [7, 11) is -3.06. The summed E-state index contributed by atoms with van der Waals surface area (Å²) in [6.45, 7) is 3.82. The summed E-state index contributed by atoms with van der Waals surface area (Å²) < 4.78 is 23.9. The van der Waals surface area contributed by atoms with Gasteiger partial charge in [0.1, 0.15) is 0 Å². The molecule has 116 valence electrons. The first kappa shape index (κ1) is 15.0. The van der Waals surface area contributed by atoms with Crippen molar-refractivity contribution in [2.75, 3.05) is 24.6 Å². The molecule has 5 nitrogen and oxygen atoms in total. The fourth-order valence-corrected chi connectivity index (χ4v) is 5.92. The summed E-state index contributed by atoms with van der Waals surface area (Å²) >= 11 is 1.44. The molecule has 2 aliphatic rings. The van der Waals surface area contributed by atoms with Crippen LogP contribution in [0.15, 0.2) is 12.1 Å². The third-order valence-electron chi connectivity index (χ3n) is 4.21. The molecule has 7 heteroatoms. The minimum Gasteiger partial charge on any atom is -0.346 e. The molecule has 2 saturated heterocycles. The molecular weight excluding hydrogens is 308 g/mol. The van der Waals surface area contributed by atoms with Crippen molar-refractivity contribution in [3.63, 3.8) is 0 Å². The maximum atomic E-state index is 12.3. The first-order valence-electron chi connectivity index (χ1n) is 7.26. The van der Waals surface area contributed by atoms with Gasteiger partial charge in [-0.05, 0) is 45.0 Å². The van der Waals surface area contributed by atoms with Gasteiger partial charge in [-0.25, -0.2) is 8.42 Å². The van der Waals surface area contributed by atoms with Crippen LogP contribution >= 0.6 is 11.3 Å². The van der Waals surface area contributed by atoms with Crippen molar-refractivity contribution in [2.45, 2.75) is 31.8 Å². The van der Waals surface area contributed by atoms with E-state index in [9.17, 15) is 13.2 Å². The largest absolute Gasteiger partial charge is 0.346 e. The molecule has 3 heterocycles. The van der Waals surface area contributed by atoms with Crippen molar-refractivity contribution in [2.24, 2.45) is 0 Å². The molecule has 2 unspecified atom stereocenters. The Morgan fingerprint density at radius 1 is 1.29 bits per heavy atom. The normalized spacial score (nSPS) is 28.8. The van der Waals surface area contributed by atoms with Crippen molar-refractivity contribution < 1.29 is 13.2 Å². The molecule has 2 aliphatic heterocycles. The molecule has 0 aromatic carbocycles. The molecule has 0 radical (unpaired) electrons. The molecule has 0 saturated carbocycles. The van der Waals surface area contributed by atoms with Crippen LogP contribution in [0.25, 0.3) is 0 Å². The van der Waals surface area contributed by atoms with E-state index in [-0.39, 0.29) is 29.5 Å². The van der Waals surface area contributed by atoms with Crippen LogP contribution in [0.2, 0.25) is 0 Å². The average molecular weight is 328 g/mol. The summed E-state index contributed by atoms with van der Waals surface area (Å²) in [5.41, 5.74) is 0. The lowest BCUT2D eigenvalue weighted by atomic mass is 10.1. The predicted octanol–water partition coefficient (Wildman–Crippen LogP) is 1.05. The van der Waals surface area contributed by atoms with Gasteiger partial charge in [-0.2, -0.15) is 0 Å². The lowest BCUT2D eigenvalue weighted by Gasteiger charge is -2.28. The number of aryl methyl sites for hydroxylation is 1. The Hall–Kier alpha value is -0.920. The Bertz CT molecular complexity index is 632. The number of sulfone groups is 1. The number of carbonyl (C=O) groups excluding carboxylic acids is 1. The first-order valence-corrected chi connectivity index (χ1v) is 9.90. The molecular formula is C14H20N2O3S2. The maximum absolute atomic E-state index is 12.3. The number of thiophene rings is 1. The van der Waals surface area contributed by atoms with Crippen molar-refractivity contribution in [3.8, 4) is 0 Å². The van der Waals surface area contributed by atoms with Crippen LogP contribution in [0.4, 0.5) is 0 Å². The second-order valence-corrected chi connectivity index (χ2v) is 9.32. The third-order valence-corrected chi connectivity index (χ3v) is 6.93. The van der Waals surface area contributed by atoms with Crippen LogP contribution in [0, 0.1) is 6.92 Å². The van der Waals surface area contributed by atoms with E-state index in [1.54, 1.807) is 6.07 Å². The fourth-order valence-electron chi connectivity index (χ4n) is 3.20. The zero-order valence-corrected chi connectivity index (χ0v) is 13.7. The number of nitrogens with zero attached hydrogens (tertiary/aromatic N) is 1. The Kier molecular flexibility index (Phi) is 4.07. The quantitative estimate of drug-likeness (QED) is 0.900. The lowest BCUT2D eigenvalue weighted by molar-refractivity contribution is 0.0923. The van der Waals surface area contributed by atoms with E-state index < -0.39 is 9.84 Å². The van der Waals surface area contributed by atoms with Crippen LogP contribution in [-0.4, -0.2) is 55.9 Å². The molecule has 0 spiro atoms. The van der Waals surface area contributed by atoms with E-state index in [1.165, 1.54) is 11.3 Å². The van der Waals surface area contributed by atoms with Gasteiger partial charge in [-0.3, -0.25) is 9.69 Å². The molecule has 0 aliphatic carbocycles. The third kappa shape index (κ3) is 3.30. The zero-order chi connectivity index (χ0) is 15.0. The molecule has 1 amide bonds. The highest BCUT2D eigenvalue weighted by Gasteiger charge is 2.42. The molecule has 0 bridgehead atoms. The minimum absolute atomic E-state index is 0.0598. The van der Waals surface area contributed by atoms with Crippen LogP contribution in [-0.2, 0) is 9.84 Å². The first-order chi connectivity index (χ1) is 9.94. The number of carbonyl (C=O) groups is 1. The van der Waals surface area contributed by atoms with E-state index in [0.29, 0.717) is 4.88 Å². The number of nitrogens with one attached hydrogen (secondary N) is 1. The second kappa shape index (κ2) is 5.70. The molecule has 1 aromatic rings. The predicted molar refractivity (Wildman–Crippen MR) is 83.6 cm³/mol. The van der Waals surface area contributed by atoms with Gasteiger partial charge in [0.2, 0.25) is 0 Å². The summed E-state index contributed by atoms with van der Waals surface area (Å²) in [5, 5.41) is 2.94. The highest BCUT2D eigenvalue weighted by atomic mass is 32.2. The molecule has 1 N–H and O–H groups in total. The Morgan fingerprint density at radius 2 is 2.00 bits per heavy atom. The molecule has 3 rings (SSSR count). The Morgan fingerprint density at radius 3 is 2.62 bits per heavy atom. The van der Waals surface area contributed by atoms with Crippen molar-refractivity contribution in [3.05, 3.63) is 21.9 Å². The number of likely N-dealkylation sites (tertiary alicyclic amines) is 1. The maximum Gasteiger partial charge on any atom is 0.261 e. The second-order valence-electron chi connectivity index (χ2n) is 5.88. The standard InChI is InChI=1S/C14H20N2O3S2/c1-10-4-5-13(20-10)14(17)15-11-8-21(18,19)9-12(11)16-6-2-3-7-16/h4-5,11-12H,2-3,6-9H2,1H3,(H,15,17). The Labute approximate surface area is 129 Å². The molecule has 2 atom stereocenters. The van der Waals surface area contributed by atoms with Crippen LogP contribution in [0.1, 0.15) is 27.4 Å². The van der Waals surface area contributed by atoms with Crippen LogP contribution in [0.3, 0.4) is 0 Å². The monoisotopic (exact) mass is 328 g/mol. The van der Waals surface area contributed by atoms with Gasteiger partial charge in [0.15, 0.2) is 9.84 Å². The summed E-state index contributed by atoms with van der Waals surface area (Å²) in [5.74, 6) is 0.0745. The summed E-state index contributed by atoms with van der Waals surface area (Å²) in [4.78, 5) is 16.2. The minimum atomic E-state index is -3.06. The topological polar surface area (TPSA) is 66.5 Å². The van der Waals surface area contributed by atoms with Crippen LogP contribution < -0.4 is 5.32 Å². The lowest BCUT2D eigenvalue weighted by Crippen LogP contribution is -2.50. The van der Waals surface area contributed by atoms with Gasteiger partial charge in [-0.15, -0.1) is 11.3 Å². The van der Waals surface area contributed by atoms with Crippen LogP contribution in [0.5, 0.6) is 0 Å². The molecule has 1 aromatic heterocycles. The van der Waals surface area contributed by atoms with Gasteiger partial charge >= 0.3 is 0 Å². The smallest absolute Gasteiger partial charge is 0.261 e. The van der Waals surface area contributed by atoms with E-state index in [2.05, 4.69) is 10.2 Å². The number of amides is 1. The van der Waals surface area contributed by atoms with E-state index in [0.717, 1.165) is 30.8 Å². The van der Waals surface area contributed by atoms with Crippen molar-refractivity contribution in [1.29, 1.82) is 0 Å². The van der Waals surface area contributed by atoms with E-state index >= 15 is 0 Å². The average Bonchev–Trinajstić information content (AvgIpc) is 3.09. The molecule has 2 fully saturated rings. The number of hydrogen-bond donors (Lipinski definition) is 1. The van der Waals surface area contributed by atoms with Gasteiger partial charge in [-0.1, -0.05) is 0 Å². The van der Waals surface area contributed by atoms with Crippen molar-refractivity contribution in [1.82, 2.24) is 10.2 Å². The summed E-state index contributed by atoms with van der Waals surface area (Å²) in [6, 6.07) is 3.34. The summed E-state index contributed by atoms with van der Waals surface area (Å²) in [6.07, 6.45) is 2.22. The highest BCUT2D eigenvalue weighted by molar-refractivity contribution is 7.91. The van der Waals surface area contributed by atoms with E-state index in [4.69, 9.17) is 0 Å². The van der Waals surface area contributed by atoms with Gasteiger partial charge in [0, 0.05) is 10.9 Å². The SMILES string of the molecule is Cc1ccc(C(=O)NC2CS(=O)(=O)CC2N2CCCC2)s1. The fraction of sp³-hybridized carbons (Fsp3) is 0.643. The zero-order valence-electron chi connectivity index (χ0n) is 12.0. The highest BCUT2D eigenvalue weighted by Crippen LogP contribution is 2.23. The van der Waals surface area contributed by atoms with Crippen molar-refractivity contribution >= 4 is 27.1 Å². The van der Waals surface area contributed by atoms with Gasteiger partial charge in [0.05, 0.1) is 22.4 Å². The van der Waals surface area contributed by atoms with E-state index in [1.807, 2.05) is 13.0 Å². The molecule has 21 heavy (non-hydrogen) atoms. The number of rotatable bonds is 3. The Balaban J connectivity index is 1.74. The van der Waals surface area contributed by atoms with Gasteiger partial charge in [0.25, 0.3) is 5.91 Å². The number of hydrogen-bond acceptors (Lipinski definition) is 5.